The molecule has 0 N–H and O–H groups in total. The SMILES string of the molecule is COc1ccc2cc3n(c2c1C)C(=O)CC3. The number of ether oxygens (including phenoxy) is 1. The first-order valence-electron chi connectivity index (χ1n) is 5.43. The maximum Gasteiger partial charge on any atom is 0.231 e. The lowest BCUT2D eigenvalue weighted by Gasteiger charge is -2.07. The number of rotatable bonds is 1. The summed E-state index contributed by atoms with van der Waals surface area (Å²) in [6, 6.07) is 6.07. The summed E-state index contributed by atoms with van der Waals surface area (Å²) in [5.74, 6) is 1.04. The van der Waals surface area contributed by atoms with Crippen LogP contribution in [0.1, 0.15) is 22.5 Å². The Morgan fingerprint density at radius 3 is 2.88 bits per heavy atom. The normalized spacial score (nSPS) is 14.5. The smallest absolute Gasteiger partial charge is 0.231 e. The van der Waals surface area contributed by atoms with E-state index in [1.54, 1.807) is 7.11 Å². The van der Waals surface area contributed by atoms with E-state index in [9.17, 15) is 4.79 Å². The largest absolute Gasteiger partial charge is 0.496 e. The molecule has 16 heavy (non-hydrogen) atoms. The topological polar surface area (TPSA) is 31.2 Å². The molecule has 3 nitrogen and oxygen atoms in total. The van der Waals surface area contributed by atoms with Crippen molar-refractivity contribution in [3.05, 3.63) is 29.5 Å². The van der Waals surface area contributed by atoms with Gasteiger partial charge >= 0.3 is 0 Å². The summed E-state index contributed by atoms with van der Waals surface area (Å²) >= 11 is 0. The average molecular weight is 215 g/mol. The Labute approximate surface area is 93.6 Å². The molecular formula is C13H13NO2. The molecule has 0 spiro atoms. The molecule has 2 heterocycles. The van der Waals surface area contributed by atoms with Gasteiger partial charge in [-0.15, -0.1) is 0 Å². The van der Waals surface area contributed by atoms with Crippen LogP contribution in [-0.2, 0) is 6.42 Å². The van der Waals surface area contributed by atoms with Crippen LogP contribution in [0.15, 0.2) is 18.2 Å². The van der Waals surface area contributed by atoms with Gasteiger partial charge in [0.2, 0.25) is 5.91 Å². The van der Waals surface area contributed by atoms with Crippen LogP contribution in [0.5, 0.6) is 5.75 Å². The van der Waals surface area contributed by atoms with Gasteiger partial charge in [0.05, 0.1) is 12.6 Å². The van der Waals surface area contributed by atoms with Crippen molar-refractivity contribution in [3.8, 4) is 5.75 Å². The fourth-order valence-corrected chi connectivity index (χ4v) is 2.54. The average Bonchev–Trinajstić information content (AvgIpc) is 2.80. The Morgan fingerprint density at radius 2 is 2.12 bits per heavy atom. The van der Waals surface area contributed by atoms with Gasteiger partial charge in [-0.3, -0.25) is 9.36 Å². The number of carbonyl (C=O) groups is 1. The molecule has 0 atom stereocenters. The van der Waals surface area contributed by atoms with Gasteiger partial charge in [-0.1, -0.05) is 0 Å². The molecule has 0 radical (unpaired) electrons. The quantitative estimate of drug-likeness (QED) is 0.732. The van der Waals surface area contributed by atoms with Crippen molar-refractivity contribution in [3.63, 3.8) is 0 Å². The van der Waals surface area contributed by atoms with E-state index < -0.39 is 0 Å². The summed E-state index contributed by atoms with van der Waals surface area (Å²) in [5.41, 5.74) is 3.18. The third-order valence-corrected chi connectivity index (χ3v) is 3.31. The Hall–Kier alpha value is -1.77. The van der Waals surface area contributed by atoms with Crippen LogP contribution in [0.4, 0.5) is 0 Å². The minimum absolute atomic E-state index is 0.196. The van der Waals surface area contributed by atoms with Gasteiger partial charge in [0.1, 0.15) is 5.75 Å². The summed E-state index contributed by atoms with van der Waals surface area (Å²) in [5, 5.41) is 1.13. The number of carbonyl (C=O) groups excluding carboxylic acids is 1. The molecule has 0 bridgehead atoms. The Kier molecular flexibility index (Phi) is 1.84. The van der Waals surface area contributed by atoms with E-state index in [0.29, 0.717) is 6.42 Å². The van der Waals surface area contributed by atoms with Gasteiger partial charge in [-0.25, -0.2) is 0 Å². The highest BCUT2D eigenvalue weighted by atomic mass is 16.5. The van der Waals surface area contributed by atoms with Crippen molar-refractivity contribution in [2.45, 2.75) is 19.8 Å². The summed E-state index contributed by atoms with van der Waals surface area (Å²) in [4.78, 5) is 11.8. The molecule has 1 aromatic heterocycles. The number of fused-ring (bicyclic) bond motifs is 3. The van der Waals surface area contributed by atoms with Gasteiger partial charge in [-0.05, 0) is 31.5 Å². The summed E-state index contributed by atoms with van der Waals surface area (Å²) in [7, 11) is 1.66. The van der Waals surface area contributed by atoms with Crippen LogP contribution < -0.4 is 4.74 Å². The van der Waals surface area contributed by atoms with Gasteiger partial charge in [0, 0.05) is 23.1 Å². The predicted octanol–water partition coefficient (Wildman–Crippen LogP) is 2.54. The van der Waals surface area contributed by atoms with E-state index in [1.165, 1.54) is 0 Å². The van der Waals surface area contributed by atoms with E-state index in [4.69, 9.17) is 4.74 Å². The van der Waals surface area contributed by atoms with Crippen molar-refractivity contribution >= 4 is 16.8 Å². The molecule has 1 aliphatic rings. The van der Waals surface area contributed by atoms with Crippen molar-refractivity contribution in [2.75, 3.05) is 7.11 Å². The molecule has 0 fully saturated rings. The minimum atomic E-state index is 0.196. The van der Waals surface area contributed by atoms with E-state index in [2.05, 4.69) is 6.07 Å². The van der Waals surface area contributed by atoms with Crippen molar-refractivity contribution in [2.24, 2.45) is 0 Å². The molecule has 1 aromatic carbocycles. The first-order valence-corrected chi connectivity index (χ1v) is 5.43. The number of nitrogens with zero attached hydrogens (tertiary/aromatic N) is 1. The van der Waals surface area contributed by atoms with Crippen molar-refractivity contribution < 1.29 is 9.53 Å². The van der Waals surface area contributed by atoms with Crippen molar-refractivity contribution in [1.29, 1.82) is 0 Å². The van der Waals surface area contributed by atoms with E-state index in [0.717, 1.165) is 34.3 Å². The Morgan fingerprint density at radius 1 is 1.31 bits per heavy atom. The van der Waals surface area contributed by atoms with Gasteiger partial charge < -0.3 is 4.74 Å². The molecule has 2 aromatic rings. The molecular weight excluding hydrogens is 202 g/mol. The lowest BCUT2D eigenvalue weighted by molar-refractivity contribution is 0.0928. The molecule has 0 aliphatic carbocycles. The van der Waals surface area contributed by atoms with Gasteiger partial charge in [0.15, 0.2) is 0 Å². The zero-order valence-corrected chi connectivity index (χ0v) is 9.41. The summed E-state index contributed by atoms with van der Waals surface area (Å²) in [6.07, 6.45) is 1.48. The molecule has 82 valence electrons. The number of methoxy groups -OCH3 is 1. The fraction of sp³-hybridized carbons (Fsp3) is 0.308. The highest BCUT2D eigenvalue weighted by Gasteiger charge is 2.23. The number of aromatic nitrogens is 1. The monoisotopic (exact) mass is 215 g/mol. The second-order valence-corrected chi connectivity index (χ2v) is 4.20. The van der Waals surface area contributed by atoms with Crippen LogP contribution in [0.2, 0.25) is 0 Å². The number of aryl methyl sites for hydroxylation is 2. The molecule has 0 amide bonds. The Bertz CT molecular complexity index is 595. The fourth-order valence-electron chi connectivity index (χ4n) is 2.54. The third kappa shape index (κ3) is 1.06. The highest BCUT2D eigenvalue weighted by Crippen LogP contribution is 2.32. The lowest BCUT2D eigenvalue weighted by atomic mass is 10.1. The molecule has 0 unspecified atom stereocenters. The second-order valence-electron chi connectivity index (χ2n) is 4.20. The molecule has 3 rings (SSSR count). The van der Waals surface area contributed by atoms with Crippen LogP contribution in [-0.4, -0.2) is 17.6 Å². The number of hydrogen-bond donors (Lipinski definition) is 0. The van der Waals surface area contributed by atoms with E-state index in [-0.39, 0.29) is 5.91 Å². The molecule has 0 saturated heterocycles. The predicted molar refractivity (Wildman–Crippen MR) is 62.2 cm³/mol. The Balaban J connectivity index is 2.42. The summed E-state index contributed by atoms with van der Waals surface area (Å²) in [6.45, 7) is 2.00. The number of hydrogen-bond acceptors (Lipinski definition) is 2. The lowest BCUT2D eigenvalue weighted by Crippen LogP contribution is -2.04. The van der Waals surface area contributed by atoms with E-state index >= 15 is 0 Å². The highest BCUT2D eigenvalue weighted by molar-refractivity contribution is 5.98. The minimum Gasteiger partial charge on any atom is -0.496 e. The zero-order chi connectivity index (χ0) is 11.3. The molecule has 3 heteroatoms. The third-order valence-electron chi connectivity index (χ3n) is 3.31. The maximum atomic E-state index is 11.8. The number of benzene rings is 1. The first kappa shape index (κ1) is 9.46. The molecule has 1 aliphatic heterocycles. The van der Waals surface area contributed by atoms with Crippen molar-refractivity contribution in [1.82, 2.24) is 4.57 Å². The standard InChI is InChI=1S/C13H13NO2/c1-8-11(16-2)5-3-9-7-10-4-6-12(15)14(10)13(8)9/h3,5,7H,4,6H2,1-2H3. The second kappa shape index (κ2) is 3.11. The first-order chi connectivity index (χ1) is 7.72. The van der Waals surface area contributed by atoms with Gasteiger partial charge in [0.25, 0.3) is 0 Å². The zero-order valence-electron chi connectivity index (χ0n) is 9.41. The van der Waals surface area contributed by atoms with E-state index in [1.807, 2.05) is 23.6 Å². The maximum absolute atomic E-state index is 11.8. The summed E-state index contributed by atoms with van der Waals surface area (Å²) < 4.78 is 7.13. The van der Waals surface area contributed by atoms with Crippen LogP contribution in [0.3, 0.4) is 0 Å². The van der Waals surface area contributed by atoms with Crippen LogP contribution >= 0.6 is 0 Å². The van der Waals surface area contributed by atoms with Gasteiger partial charge in [-0.2, -0.15) is 0 Å². The van der Waals surface area contributed by atoms with Crippen LogP contribution in [0, 0.1) is 6.92 Å². The van der Waals surface area contributed by atoms with Crippen LogP contribution in [0.25, 0.3) is 10.9 Å². The molecule has 0 saturated carbocycles.